The fourth-order valence-electron chi connectivity index (χ4n) is 6.72. The van der Waals surface area contributed by atoms with E-state index in [4.69, 9.17) is 13.9 Å². The second kappa shape index (κ2) is 5.17. The third-order valence-corrected chi connectivity index (χ3v) is 8.23. The number of ether oxygens (including phenoxy) is 2. The summed E-state index contributed by atoms with van der Waals surface area (Å²) in [4.78, 5) is 12.9. The van der Waals surface area contributed by atoms with Gasteiger partial charge in [-0.15, -0.1) is 0 Å². The molecule has 27 heavy (non-hydrogen) atoms. The van der Waals surface area contributed by atoms with E-state index in [0.717, 1.165) is 5.56 Å². The van der Waals surface area contributed by atoms with Crippen LogP contribution in [0.1, 0.15) is 51.2 Å². The molecule has 2 aliphatic carbocycles. The maximum absolute atomic E-state index is 12.9. The molecule has 4 fully saturated rings. The highest BCUT2D eigenvalue weighted by molar-refractivity contribution is 5.75. The topological polar surface area (TPSA) is 89.1 Å². The molecule has 0 amide bonds. The molecule has 0 aromatic carbocycles. The van der Waals surface area contributed by atoms with E-state index in [-0.39, 0.29) is 35.1 Å². The minimum Gasteiger partial charge on any atom is -0.489 e. The largest absolute Gasteiger partial charge is 0.489 e. The van der Waals surface area contributed by atoms with Gasteiger partial charge in [-0.05, 0) is 43.1 Å². The average Bonchev–Trinajstić information content (AvgIpc) is 3.19. The Morgan fingerprint density at radius 3 is 2.78 bits per heavy atom. The van der Waals surface area contributed by atoms with Crippen LogP contribution in [0.15, 0.2) is 35.3 Å². The van der Waals surface area contributed by atoms with Gasteiger partial charge in [0.25, 0.3) is 0 Å². The van der Waals surface area contributed by atoms with Gasteiger partial charge in [-0.25, -0.2) is 0 Å². The predicted molar refractivity (Wildman–Crippen MR) is 94.2 cm³/mol. The SMILES string of the molecule is C=C1OC2CC3C4(C)CC(c5ccoc5)OC(=O)C4CCC3(C)C1(O)C2O. The number of aliphatic hydroxyl groups is 2. The summed E-state index contributed by atoms with van der Waals surface area (Å²) in [5.74, 6) is -0.132. The molecule has 4 aliphatic rings. The highest BCUT2D eigenvalue weighted by Crippen LogP contribution is 2.69. The van der Waals surface area contributed by atoms with Gasteiger partial charge in [0.1, 0.15) is 24.1 Å². The molecule has 2 aliphatic heterocycles. The van der Waals surface area contributed by atoms with Crippen LogP contribution in [0.25, 0.3) is 0 Å². The molecule has 1 aromatic rings. The summed E-state index contributed by atoms with van der Waals surface area (Å²) in [6.07, 6.45) is 3.87. The Hall–Kier alpha value is -1.79. The van der Waals surface area contributed by atoms with Crippen molar-refractivity contribution < 1.29 is 28.9 Å². The number of aliphatic hydroxyl groups excluding tert-OH is 1. The lowest BCUT2D eigenvalue weighted by Crippen LogP contribution is -2.68. The van der Waals surface area contributed by atoms with Crippen LogP contribution < -0.4 is 0 Å². The first-order chi connectivity index (χ1) is 12.7. The van der Waals surface area contributed by atoms with Gasteiger partial charge in [0.15, 0.2) is 5.60 Å². The Balaban J connectivity index is 1.59. The zero-order valence-corrected chi connectivity index (χ0v) is 15.7. The van der Waals surface area contributed by atoms with Crippen molar-refractivity contribution in [3.05, 3.63) is 36.5 Å². The van der Waals surface area contributed by atoms with E-state index in [2.05, 4.69) is 13.5 Å². The smallest absolute Gasteiger partial charge is 0.310 e. The minimum atomic E-state index is -1.49. The second-order valence-electron chi connectivity index (χ2n) is 9.28. The maximum Gasteiger partial charge on any atom is 0.310 e. The van der Waals surface area contributed by atoms with Crippen LogP contribution in [-0.2, 0) is 14.3 Å². The van der Waals surface area contributed by atoms with Crippen LogP contribution in [0.3, 0.4) is 0 Å². The lowest BCUT2D eigenvalue weighted by molar-refractivity contribution is -0.239. The van der Waals surface area contributed by atoms with Crippen LogP contribution in [0.2, 0.25) is 0 Å². The van der Waals surface area contributed by atoms with Gasteiger partial charge in [-0.3, -0.25) is 4.79 Å². The number of cyclic esters (lactones) is 1. The van der Waals surface area contributed by atoms with Crippen LogP contribution in [0, 0.1) is 22.7 Å². The fraction of sp³-hybridized carbons (Fsp3) is 0.667. The summed E-state index contributed by atoms with van der Waals surface area (Å²) >= 11 is 0. The lowest BCUT2D eigenvalue weighted by Gasteiger charge is -2.63. The number of hydrogen-bond donors (Lipinski definition) is 2. The molecular weight excluding hydrogens is 348 g/mol. The number of rotatable bonds is 1. The van der Waals surface area contributed by atoms with Gasteiger partial charge in [-0.1, -0.05) is 20.4 Å². The number of carbonyl (C=O) groups excluding carboxylic acids is 1. The van der Waals surface area contributed by atoms with Gasteiger partial charge < -0.3 is 24.1 Å². The van der Waals surface area contributed by atoms with Crippen molar-refractivity contribution in [2.75, 3.05) is 0 Å². The summed E-state index contributed by atoms with van der Waals surface area (Å²) in [6.45, 7) is 8.07. The monoisotopic (exact) mass is 374 g/mol. The molecule has 6 heteroatoms. The molecule has 2 saturated carbocycles. The van der Waals surface area contributed by atoms with Crippen molar-refractivity contribution in [1.29, 1.82) is 0 Å². The van der Waals surface area contributed by atoms with E-state index in [1.54, 1.807) is 12.5 Å². The lowest BCUT2D eigenvalue weighted by atomic mass is 9.42. The van der Waals surface area contributed by atoms with E-state index < -0.39 is 23.2 Å². The zero-order valence-electron chi connectivity index (χ0n) is 15.7. The van der Waals surface area contributed by atoms with Gasteiger partial charge in [-0.2, -0.15) is 0 Å². The van der Waals surface area contributed by atoms with Gasteiger partial charge in [0.05, 0.1) is 18.4 Å². The minimum absolute atomic E-state index is 0.00338. The van der Waals surface area contributed by atoms with Crippen LogP contribution in [0.4, 0.5) is 0 Å². The molecule has 0 spiro atoms. The number of furan rings is 1. The first kappa shape index (κ1) is 17.3. The molecule has 8 unspecified atom stereocenters. The number of esters is 1. The van der Waals surface area contributed by atoms with E-state index in [9.17, 15) is 15.0 Å². The van der Waals surface area contributed by atoms with Gasteiger partial charge in [0, 0.05) is 11.0 Å². The third kappa shape index (κ3) is 1.90. The standard InChI is InChI=1S/C21H26O6/c1-11-21(24)17(22)14(26-11)8-16-19(2)9-15(12-5-7-25-10-12)27-18(23)13(19)4-6-20(16,21)3/h5,7,10,13-17,22,24H,1,4,6,8-9H2,2-3H3. The first-order valence-corrected chi connectivity index (χ1v) is 9.71. The average molecular weight is 374 g/mol. The number of carbonyl (C=O) groups is 1. The van der Waals surface area contributed by atoms with Crippen molar-refractivity contribution in [2.45, 2.75) is 63.4 Å². The second-order valence-corrected chi connectivity index (χ2v) is 9.28. The fourth-order valence-corrected chi connectivity index (χ4v) is 6.72. The van der Waals surface area contributed by atoms with E-state index in [0.29, 0.717) is 25.7 Å². The Labute approximate surface area is 158 Å². The highest BCUT2D eigenvalue weighted by Gasteiger charge is 2.74. The van der Waals surface area contributed by atoms with Crippen molar-refractivity contribution in [1.82, 2.24) is 0 Å². The van der Waals surface area contributed by atoms with Crippen molar-refractivity contribution in [3.63, 3.8) is 0 Å². The maximum atomic E-state index is 12.9. The van der Waals surface area contributed by atoms with Gasteiger partial charge >= 0.3 is 5.97 Å². The number of fused-ring (bicyclic) bond motifs is 6. The molecule has 2 N–H and O–H groups in total. The molecule has 1 aromatic heterocycles. The van der Waals surface area contributed by atoms with Crippen LogP contribution in [0.5, 0.6) is 0 Å². The summed E-state index contributed by atoms with van der Waals surface area (Å²) in [6, 6.07) is 1.83. The first-order valence-electron chi connectivity index (χ1n) is 9.71. The predicted octanol–water partition coefficient (Wildman–Crippen LogP) is 2.71. The van der Waals surface area contributed by atoms with Crippen molar-refractivity contribution >= 4 is 5.97 Å². The van der Waals surface area contributed by atoms with E-state index in [1.807, 2.05) is 13.0 Å². The Morgan fingerprint density at radius 2 is 2.07 bits per heavy atom. The summed E-state index contributed by atoms with van der Waals surface area (Å²) in [5, 5.41) is 22.3. The van der Waals surface area contributed by atoms with Gasteiger partial charge in [0.2, 0.25) is 0 Å². The molecule has 2 bridgehead atoms. The molecule has 0 radical (unpaired) electrons. The molecule has 146 valence electrons. The highest BCUT2D eigenvalue weighted by atomic mass is 16.6. The summed E-state index contributed by atoms with van der Waals surface area (Å²) in [5.41, 5.74) is -1.61. The van der Waals surface area contributed by atoms with E-state index >= 15 is 0 Å². The molecule has 6 nitrogen and oxygen atoms in total. The summed E-state index contributed by atoms with van der Waals surface area (Å²) in [7, 11) is 0. The van der Waals surface area contributed by atoms with Crippen molar-refractivity contribution in [3.8, 4) is 0 Å². The third-order valence-electron chi connectivity index (χ3n) is 8.23. The summed E-state index contributed by atoms with van der Waals surface area (Å²) < 4.78 is 16.7. The molecule has 8 atom stereocenters. The Bertz CT molecular complexity index is 802. The van der Waals surface area contributed by atoms with Crippen LogP contribution >= 0.6 is 0 Å². The number of hydrogen-bond acceptors (Lipinski definition) is 6. The van der Waals surface area contributed by atoms with Crippen LogP contribution in [-0.4, -0.2) is 34.0 Å². The Kier molecular flexibility index (Phi) is 3.32. The normalized spacial score (nSPS) is 51.2. The Morgan fingerprint density at radius 1 is 1.30 bits per heavy atom. The molecule has 3 heterocycles. The quantitative estimate of drug-likeness (QED) is 0.735. The van der Waals surface area contributed by atoms with E-state index in [1.165, 1.54) is 0 Å². The van der Waals surface area contributed by atoms with Crippen molar-refractivity contribution in [2.24, 2.45) is 22.7 Å². The molecular formula is C21H26O6. The molecule has 5 rings (SSSR count). The molecule has 2 saturated heterocycles. The zero-order chi connectivity index (χ0) is 19.2.